The topological polar surface area (TPSA) is 70.3 Å². The number of carbonyl (C=O) groups is 1. The normalized spacial score (nSPS) is 9.62. The number of aliphatic hydroxyl groups is 1. The minimum absolute atomic E-state index is 0.103. The van der Waals surface area contributed by atoms with Crippen LogP contribution in [0, 0.1) is 11.3 Å². The van der Waals surface area contributed by atoms with Crippen molar-refractivity contribution in [2.45, 2.75) is 13.5 Å². The summed E-state index contributed by atoms with van der Waals surface area (Å²) in [6.07, 6.45) is 0. The number of aliphatic hydroxyl groups excluding tert-OH is 1. The van der Waals surface area contributed by atoms with Crippen LogP contribution in [0.4, 0.5) is 0 Å². The van der Waals surface area contributed by atoms with E-state index < -0.39 is 5.97 Å². The van der Waals surface area contributed by atoms with Gasteiger partial charge in [-0.25, -0.2) is 4.79 Å². The highest BCUT2D eigenvalue weighted by Crippen LogP contribution is 2.24. The number of esters is 1. The van der Waals surface area contributed by atoms with Gasteiger partial charge in [-0.15, -0.1) is 0 Å². The molecule has 1 rings (SSSR count). The number of nitriles is 1. The van der Waals surface area contributed by atoms with Crippen molar-refractivity contribution in [2.75, 3.05) is 6.61 Å². The molecule has 1 aromatic rings. The molecule has 0 spiro atoms. The van der Waals surface area contributed by atoms with Gasteiger partial charge in [0.2, 0.25) is 0 Å². The van der Waals surface area contributed by atoms with Crippen molar-refractivity contribution in [3.8, 4) is 6.07 Å². The number of hydrogen-bond acceptors (Lipinski definition) is 4. The van der Waals surface area contributed by atoms with E-state index in [1.165, 1.54) is 12.1 Å². The van der Waals surface area contributed by atoms with E-state index in [-0.39, 0.29) is 29.4 Å². The molecule has 0 saturated carbocycles. The highest BCUT2D eigenvalue weighted by molar-refractivity contribution is 6.34. The third-order valence-corrected chi connectivity index (χ3v) is 2.39. The zero-order valence-corrected chi connectivity index (χ0v) is 9.41. The van der Waals surface area contributed by atoms with Gasteiger partial charge in [0.25, 0.3) is 0 Å². The lowest BCUT2D eigenvalue weighted by atomic mass is 10.1. The highest BCUT2D eigenvalue weighted by atomic mass is 35.5. The molecule has 1 N–H and O–H groups in total. The lowest BCUT2D eigenvalue weighted by Gasteiger charge is -2.08. The molecule has 0 unspecified atom stereocenters. The minimum Gasteiger partial charge on any atom is -0.462 e. The molecule has 0 bridgehead atoms. The van der Waals surface area contributed by atoms with Gasteiger partial charge in [-0.1, -0.05) is 11.6 Å². The van der Waals surface area contributed by atoms with Crippen molar-refractivity contribution >= 4 is 17.6 Å². The second-order valence-electron chi connectivity index (χ2n) is 2.99. The molecule has 0 heterocycles. The number of carbonyl (C=O) groups excluding carboxylic acids is 1. The molecule has 0 aliphatic carbocycles. The SMILES string of the molecule is CCOC(=O)c1cc(C#N)cc(CO)c1Cl. The molecule has 16 heavy (non-hydrogen) atoms. The second-order valence-corrected chi connectivity index (χ2v) is 3.37. The fourth-order valence-electron chi connectivity index (χ4n) is 1.22. The predicted molar refractivity (Wildman–Crippen MR) is 58.0 cm³/mol. The Morgan fingerprint density at radius 2 is 2.31 bits per heavy atom. The number of benzene rings is 1. The van der Waals surface area contributed by atoms with Crippen molar-refractivity contribution in [3.63, 3.8) is 0 Å². The Bertz CT molecular complexity index is 451. The van der Waals surface area contributed by atoms with E-state index in [9.17, 15) is 4.79 Å². The molecule has 0 aromatic heterocycles. The van der Waals surface area contributed by atoms with E-state index in [1.807, 2.05) is 6.07 Å². The van der Waals surface area contributed by atoms with Crippen LogP contribution < -0.4 is 0 Å². The Hall–Kier alpha value is -1.57. The van der Waals surface area contributed by atoms with Crippen LogP contribution >= 0.6 is 11.6 Å². The Morgan fingerprint density at radius 3 is 2.81 bits per heavy atom. The summed E-state index contributed by atoms with van der Waals surface area (Å²) in [4.78, 5) is 11.5. The van der Waals surface area contributed by atoms with Gasteiger partial charge in [-0.2, -0.15) is 5.26 Å². The van der Waals surface area contributed by atoms with Crippen LogP contribution in [0.15, 0.2) is 12.1 Å². The number of halogens is 1. The molecule has 0 saturated heterocycles. The van der Waals surface area contributed by atoms with E-state index in [2.05, 4.69) is 0 Å². The van der Waals surface area contributed by atoms with Crippen molar-refractivity contribution in [1.29, 1.82) is 5.26 Å². The molecule has 0 amide bonds. The number of hydrogen-bond donors (Lipinski definition) is 1. The second kappa shape index (κ2) is 5.50. The summed E-state index contributed by atoms with van der Waals surface area (Å²) in [5.41, 5.74) is 0.701. The molecule has 0 radical (unpaired) electrons. The fourth-order valence-corrected chi connectivity index (χ4v) is 1.47. The minimum atomic E-state index is -0.598. The predicted octanol–water partition coefficient (Wildman–Crippen LogP) is 1.88. The maximum Gasteiger partial charge on any atom is 0.339 e. The van der Waals surface area contributed by atoms with Gasteiger partial charge in [0.05, 0.1) is 35.4 Å². The quantitative estimate of drug-likeness (QED) is 0.818. The van der Waals surface area contributed by atoms with Crippen molar-refractivity contribution in [1.82, 2.24) is 0 Å². The molecule has 0 aliphatic rings. The highest BCUT2D eigenvalue weighted by Gasteiger charge is 2.16. The van der Waals surface area contributed by atoms with E-state index in [1.54, 1.807) is 6.92 Å². The summed E-state index contributed by atoms with van der Waals surface area (Å²) < 4.78 is 4.79. The molecule has 1 aromatic carbocycles. The first-order chi connectivity index (χ1) is 7.63. The first kappa shape index (κ1) is 12.5. The smallest absolute Gasteiger partial charge is 0.339 e. The summed E-state index contributed by atoms with van der Waals surface area (Å²) in [5.74, 6) is -0.598. The molecular formula is C11H10ClNO3. The van der Waals surface area contributed by atoms with E-state index in [0.717, 1.165) is 0 Å². The van der Waals surface area contributed by atoms with Crippen molar-refractivity contribution in [2.24, 2.45) is 0 Å². The van der Waals surface area contributed by atoms with E-state index in [0.29, 0.717) is 5.56 Å². The van der Waals surface area contributed by atoms with Crippen LogP contribution in [0.3, 0.4) is 0 Å². The maximum atomic E-state index is 11.5. The summed E-state index contributed by atoms with van der Waals surface area (Å²) in [7, 11) is 0. The Labute approximate surface area is 98.0 Å². The van der Waals surface area contributed by atoms with Crippen LogP contribution in [-0.4, -0.2) is 17.7 Å². The maximum absolute atomic E-state index is 11.5. The standard InChI is InChI=1S/C11H10ClNO3/c1-2-16-11(15)9-4-7(5-13)3-8(6-14)10(9)12/h3-4,14H,2,6H2,1H3. The molecule has 0 atom stereocenters. The van der Waals surface area contributed by atoms with Gasteiger partial charge >= 0.3 is 5.97 Å². The molecule has 4 nitrogen and oxygen atoms in total. The summed E-state index contributed by atoms with van der Waals surface area (Å²) in [6, 6.07) is 4.67. The van der Waals surface area contributed by atoms with Crippen LogP contribution in [-0.2, 0) is 11.3 Å². The number of rotatable bonds is 3. The largest absolute Gasteiger partial charge is 0.462 e. The van der Waals surface area contributed by atoms with Crippen LogP contribution in [0.25, 0.3) is 0 Å². The molecule has 0 aliphatic heterocycles. The van der Waals surface area contributed by atoms with Gasteiger partial charge < -0.3 is 9.84 Å². The first-order valence-electron chi connectivity index (χ1n) is 4.64. The van der Waals surface area contributed by atoms with Gasteiger partial charge in [0.15, 0.2) is 0 Å². The lowest BCUT2D eigenvalue weighted by Crippen LogP contribution is -2.07. The third kappa shape index (κ3) is 2.51. The van der Waals surface area contributed by atoms with Gasteiger partial charge in [-0.3, -0.25) is 0 Å². The van der Waals surface area contributed by atoms with Gasteiger partial charge in [-0.05, 0) is 24.6 Å². The number of nitrogens with zero attached hydrogens (tertiary/aromatic N) is 1. The average molecular weight is 240 g/mol. The van der Waals surface area contributed by atoms with Gasteiger partial charge in [0, 0.05) is 0 Å². The first-order valence-corrected chi connectivity index (χ1v) is 5.02. The zero-order valence-electron chi connectivity index (χ0n) is 8.66. The zero-order chi connectivity index (χ0) is 12.1. The summed E-state index contributed by atoms with van der Waals surface area (Å²) in [6.45, 7) is 1.56. The molecule has 0 fully saturated rings. The monoisotopic (exact) mass is 239 g/mol. The Balaban J connectivity index is 3.27. The van der Waals surface area contributed by atoms with Crippen LogP contribution in [0.2, 0.25) is 5.02 Å². The van der Waals surface area contributed by atoms with Crippen molar-refractivity contribution in [3.05, 3.63) is 33.8 Å². The van der Waals surface area contributed by atoms with Crippen LogP contribution in [0.5, 0.6) is 0 Å². The number of ether oxygens (including phenoxy) is 1. The fraction of sp³-hybridized carbons (Fsp3) is 0.273. The summed E-state index contributed by atoms with van der Waals surface area (Å²) in [5, 5.41) is 17.9. The molecule has 5 heteroatoms. The van der Waals surface area contributed by atoms with Crippen LogP contribution in [0.1, 0.15) is 28.4 Å². The average Bonchev–Trinajstić information content (AvgIpc) is 2.29. The van der Waals surface area contributed by atoms with E-state index >= 15 is 0 Å². The van der Waals surface area contributed by atoms with E-state index in [4.69, 9.17) is 26.7 Å². The third-order valence-electron chi connectivity index (χ3n) is 1.94. The Kier molecular flexibility index (Phi) is 4.29. The van der Waals surface area contributed by atoms with Gasteiger partial charge in [0.1, 0.15) is 0 Å². The van der Waals surface area contributed by atoms with Crippen molar-refractivity contribution < 1.29 is 14.6 Å². The molecular weight excluding hydrogens is 230 g/mol. The summed E-state index contributed by atoms with van der Waals surface area (Å²) >= 11 is 5.90. The Morgan fingerprint density at radius 1 is 1.62 bits per heavy atom. The lowest BCUT2D eigenvalue weighted by molar-refractivity contribution is 0.0526. The molecule has 84 valence electrons.